The monoisotopic (exact) mass is 253 g/mol. The van der Waals surface area contributed by atoms with Gasteiger partial charge in [0.2, 0.25) is 5.91 Å². The van der Waals surface area contributed by atoms with Crippen molar-refractivity contribution in [2.75, 3.05) is 27.2 Å². The maximum atomic E-state index is 13.6. The van der Waals surface area contributed by atoms with Crippen LogP contribution in [0.5, 0.6) is 0 Å². The van der Waals surface area contributed by atoms with Crippen molar-refractivity contribution >= 4 is 5.91 Å². The minimum Gasteiger partial charge on any atom is -0.366 e. The summed E-state index contributed by atoms with van der Waals surface area (Å²) < 4.78 is 13.6. The van der Waals surface area contributed by atoms with E-state index in [1.165, 1.54) is 18.2 Å². The van der Waals surface area contributed by atoms with E-state index in [9.17, 15) is 9.18 Å². The number of hydrogen-bond donors (Lipinski definition) is 2. The van der Waals surface area contributed by atoms with Gasteiger partial charge in [0, 0.05) is 17.7 Å². The van der Waals surface area contributed by atoms with Crippen LogP contribution < -0.4 is 11.1 Å². The molecule has 5 heteroatoms. The number of carbonyl (C=O) groups excluding carboxylic acids is 1. The SMILES string of the molecule is CNCCCN(C)Cc1cc(C(N)=O)ccc1F. The molecule has 1 amide bonds. The second kappa shape index (κ2) is 7.08. The molecule has 1 aromatic carbocycles. The van der Waals surface area contributed by atoms with Crippen LogP contribution in [0, 0.1) is 5.82 Å². The molecule has 0 spiro atoms. The molecule has 1 aromatic rings. The summed E-state index contributed by atoms with van der Waals surface area (Å²) in [6, 6.07) is 4.21. The van der Waals surface area contributed by atoms with Gasteiger partial charge in [0.25, 0.3) is 0 Å². The Balaban J connectivity index is 2.65. The molecule has 0 aromatic heterocycles. The van der Waals surface area contributed by atoms with Crippen LogP contribution in [-0.2, 0) is 6.54 Å². The molecule has 0 saturated carbocycles. The van der Waals surface area contributed by atoms with Crippen molar-refractivity contribution in [3.8, 4) is 0 Å². The predicted molar refractivity (Wildman–Crippen MR) is 69.8 cm³/mol. The number of nitrogens with zero attached hydrogens (tertiary/aromatic N) is 1. The number of nitrogens with one attached hydrogen (secondary N) is 1. The van der Waals surface area contributed by atoms with Crippen molar-refractivity contribution in [2.45, 2.75) is 13.0 Å². The van der Waals surface area contributed by atoms with Crippen LogP contribution in [0.25, 0.3) is 0 Å². The fourth-order valence-electron chi connectivity index (χ4n) is 1.74. The minimum atomic E-state index is -0.533. The fourth-order valence-corrected chi connectivity index (χ4v) is 1.74. The van der Waals surface area contributed by atoms with Gasteiger partial charge in [0.15, 0.2) is 0 Å². The van der Waals surface area contributed by atoms with E-state index in [1.807, 2.05) is 19.0 Å². The zero-order chi connectivity index (χ0) is 13.5. The Hall–Kier alpha value is -1.46. The van der Waals surface area contributed by atoms with Crippen LogP contribution in [0.1, 0.15) is 22.3 Å². The van der Waals surface area contributed by atoms with Crippen LogP contribution in [0.2, 0.25) is 0 Å². The van der Waals surface area contributed by atoms with Crippen LogP contribution in [0.3, 0.4) is 0 Å². The Morgan fingerprint density at radius 3 is 2.83 bits per heavy atom. The van der Waals surface area contributed by atoms with Gasteiger partial charge in [-0.25, -0.2) is 4.39 Å². The van der Waals surface area contributed by atoms with Crippen LogP contribution >= 0.6 is 0 Å². The first kappa shape index (κ1) is 14.6. The molecule has 0 heterocycles. The molecule has 0 aliphatic rings. The first-order valence-corrected chi connectivity index (χ1v) is 5.96. The highest BCUT2D eigenvalue weighted by Gasteiger charge is 2.09. The van der Waals surface area contributed by atoms with Crippen molar-refractivity contribution < 1.29 is 9.18 Å². The number of hydrogen-bond acceptors (Lipinski definition) is 3. The van der Waals surface area contributed by atoms with Gasteiger partial charge in [-0.15, -0.1) is 0 Å². The molecular formula is C13H20FN3O. The van der Waals surface area contributed by atoms with E-state index >= 15 is 0 Å². The molecular weight excluding hydrogens is 233 g/mol. The third-order valence-electron chi connectivity index (χ3n) is 2.74. The van der Waals surface area contributed by atoms with Crippen molar-refractivity contribution in [3.05, 3.63) is 35.1 Å². The first-order valence-electron chi connectivity index (χ1n) is 5.96. The normalized spacial score (nSPS) is 10.9. The van der Waals surface area contributed by atoms with E-state index in [0.717, 1.165) is 19.5 Å². The Morgan fingerprint density at radius 2 is 2.22 bits per heavy atom. The lowest BCUT2D eigenvalue weighted by Gasteiger charge is -2.17. The van der Waals surface area contributed by atoms with Crippen LogP contribution in [0.15, 0.2) is 18.2 Å². The van der Waals surface area contributed by atoms with Gasteiger partial charge in [0.05, 0.1) is 0 Å². The highest BCUT2D eigenvalue weighted by atomic mass is 19.1. The molecule has 0 saturated heterocycles. The summed E-state index contributed by atoms with van der Waals surface area (Å²) in [5, 5.41) is 3.06. The molecule has 1 rings (SSSR count). The quantitative estimate of drug-likeness (QED) is 0.712. The molecule has 4 nitrogen and oxygen atoms in total. The number of halogens is 1. The molecule has 0 unspecified atom stereocenters. The highest BCUT2D eigenvalue weighted by molar-refractivity contribution is 5.92. The molecule has 0 atom stereocenters. The summed E-state index contributed by atoms with van der Waals surface area (Å²) in [7, 11) is 3.82. The Labute approximate surface area is 107 Å². The molecule has 0 bridgehead atoms. The van der Waals surface area contributed by atoms with Crippen LogP contribution in [-0.4, -0.2) is 38.0 Å². The van der Waals surface area contributed by atoms with Crippen molar-refractivity contribution in [2.24, 2.45) is 5.73 Å². The van der Waals surface area contributed by atoms with Gasteiger partial charge < -0.3 is 16.0 Å². The van der Waals surface area contributed by atoms with E-state index in [2.05, 4.69) is 5.32 Å². The lowest BCUT2D eigenvalue weighted by Crippen LogP contribution is -2.23. The second-order valence-corrected chi connectivity index (χ2v) is 4.37. The lowest BCUT2D eigenvalue weighted by molar-refractivity contribution is 0.1000. The zero-order valence-corrected chi connectivity index (χ0v) is 10.9. The number of carbonyl (C=O) groups is 1. The summed E-state index contributed by atoms with van der Waals surface area (Å²) in [6.07, 6.45) is 0.990. The number of rotatable bonds is 7. The van der Waals surface area contributed by atoms with Gasteiger partial charge in [-0.1, -0.05) is 0 Å². The molecule has 18 heavy (non-hydrogen) atoms. The predicted octanol–water partition coefficient (Wildman–Crippen LogP) is 0.966. The standard InChI is InChI=1S/C13H20FN3O/c1-16-6-3-7-17(2)9-11-8-10(13(15)18)4-5-12(11)14/h4-5,8,16H,3,6-7,9H2,1-2H3,(H2,15,18). The minimum absolute atomic E-state index is 0.305. The van der Waals surface area contributed by atoms with Crippen molar-refractivity contribution in [1.82, 2.24) is 10.2 Å². The average molecular weight is 253 g/mol. The van der Waals surface area contributed by atoms with E-state index in [-0.39, 0.29) is 5.82 Å². The second-order valence-electron chi connectivity index (χ2n) is 4.37. The Kier molecular flexibility index (Phi) is 5.74. The highest BCUT2D eigenvalue weighted by Crippen LogP contribution is 2.12. The lowest BCUT2D eigenvalue weighted by atomic mass is 10.1. The molecule has 0 aliphatic carbocycles. The fraction of sp³-hybridized carbons (Fsp3) is 0.462. The summed E-state index contributed by atoms with van der Waals surface area (Å²) in [5.41, 5.74) is 6.02. The van der Waals surface area contributed by atoms with Gasteiger partial charge in [-0.3, -0.25) is 4.79 Å². The van der Waals surface area contributed by atoms with Gasteiger partial charge >= 0.3 is 0 Å². The first-order chi connectivity index (χ1) is 8.54. The van der Waals surface area contributed by atoms with Gasteiger partial charge in [-0.05, 0) is 51.8 Å². The molecule has 100 valence electrons. The third kappa shape index (κ3) is 4.43. The van der Waals surface area contributed by atoms with Crippen molar-refractivity contribution in [3.63, 3.8) is 0 Å². The number of benzene rings is 1. The summed E-state index contributed by atoms with van der Waals surface area (Å²) >= 11 is 0. The van der Waals surface area contributed by atoms with E-state index in [1.54, 1.807) is 0 Å². The molecule has 3 N–H and O–H groups in total. The maximum Gasteiger partial charge on any atom is 0.248 e. The zero-order valence-electron chi connectivity index (χ0n) is 10.9. The smallest absolute Gasteiger partial charge is 0.248 e. The van der Waals surface area contributed by atoms with Crippen LogP contribution in [0.4, 0.5) is 4.39 Å². The molecule has 0 fully saturated rings. The van der Waals surface area contributed by atoms with Gasteiger partial charge in [-0.2, -0.15) is 0 Å². The van der Waals surface area contributed by atoms with E-state index < -0.39 is 5.91 Å². The number of nitrogens with two attached hydrogens (primary N) is 1. The average Bonchev–Trinajstić information content (AvgIpc) is 2.32. The van der Waals surface area contributed by atoms with E-state index in [4.69, 9.17) is 5.73 Å². The maximum absolute atomic E-state index is 13.6. The summed E-state index contributed by atoms with van der Waals surface area (Å²) in [6.45, 7) is 2.26. The Bertz CT molecular complexity index is 409. The molecule has 0 aliphatic heterocycles. The topological polar surface area (TPSA) is 58.4 Å². The Morgan fingerprint density at radius 1 is 1.50 bits per heavy atom. The van der Waals surface area contributed by atoms with E-state index in [0.29, 0.717) is 17.7 Å². The molecule has 0 radical (unpaired) electrons. The third-order valence-corrected chi connectivity index (χ3v) is 2.74. The summed E-state index contributed by atoms with van der Waals surface area (Å²) in [5.74, 6) is -0.838. The number of amides is 1. The van der Waals surface area contributed by atoms with Gasteiger partial charge in [0.1, 0.15) is 5.82 Å². The summed E-state index contributed by atoms with van der Waals surface area (Å²) in [4.78, 5) is 13.1. The largest absolute Gasteiger partial charge is 0.366 e. The van der Waals surface area contributed by atoms with Crippen molar-refractivity contribution in [1.29, 1.82) is 0 Å². The number of primary amides is 1.